The SMILES string of the molecule is COc1ccc(C2C(C(=O)c3sc(C)nc3C)=C(O)C(=O)N2CC2CCCO2)cc1O. The molecule has 1 aromatic heterocycles. The number of hydrogen-bond donors (Lipinski definition) is 2. The van der Waals surface area contributed by atoms with Crippen LogP contribution in [0.5, 0.6) is 11.5 Å². The zero-order valence-corrected chi connectivity index (χ0v) is 18.4. The minimum atomic E-state index is -0.859. The molecule has 1 amide bonds. The van der Waals surface area contributed by atoms with Crippen LogP contribution in [0.15, 0.2) is 29.5 Å². The van der Waals surface area contributed by atoms with Crippen molar-refractivity contribution in [1.82, 2.24) is 9.88 Å². The van der Waals surface area contributed by atoms with Gasteiger partial charge < -0.3 is 24.6 Å². The number of aliphatic hydroxyl groups is 1. The maximum Gasteiger partial charge on any atom is 0.290 e. The molecule has 0 aliphatic carbocycles. The van der Waals surface area contributed by atoms with Crippen LogP contribution in [0.2, 0.25) is 0 Å². The summed E-state index contributed by atoms with van der Waals surface area (Å²) in [4.78, 5) is 32.6. The van der Waals surface area contributed by atoms with Gasteiger partial charge in [0, 0.05) is 13.2 Å². The predicted molar refractivity (Wildman–Crippen MR) is 114 cm³/mol. The molecule has 2 N–H and O–H groups in total. The fourth-order valence-electron chi connectivity index (χ4n) is 4.17. The number of phenolic OH excluding ortho intramolecular Hbond substituents is 1. The van der Waals surface area contributed by atoms with E-state index in [-0.39, 0.29) is 29.7 Å². The summed E-state index contributed by atoms with van der Waals surface area (Å²) in [5, 5.41) is 21.8. The lowest BCUT2D eigenvalue weighted by Crippen LogP contribution is -2.37. The van der Waals surface area contributed by atoms with Gasteiger partial charge in [0.05, 0.1) is 40.4 Å². The highest BCUT2D eigenvalue weighted by molar-refractivity contribution is 7.14. The average molecular weight is 445 g/mol. The van der Waals surface area contributed by atoms with Gasteiger partial charge in [-0.25, -0.2) is 4.98 Å². The molecule has 2 atom stereocenters. The van der Waals surface area contributed by atoms with Crippen LogP contribution in [-0.4, -0.2) is 58.2 Å². The number of benzene rings is 1. The molecule has 0 spiro atoms. The summed E-state index contributed by atoms with van der Waals surface area (Å²) in [7, 11) is 1.44. The van der Waals surface area contributed by atoms with E-state index in [4.69, 9.17) is 9.47 Å². The summed E-state index contributed by atoms with van der Waals surface area (Å²) in [6.45, 7) is 4.37. The highest BCUT2D eigenvalue weighted by Gasteiger charge is 2.45. The maximum atomic E-state index is 13.5. The van der Waals surface area contributed by atoms with E-state index in [1.54, 1.807) is 26.0 Å². The number of rotatable bonds is 6. The smallest absolute Gasteiger partial charge is 0.290 e. The van der Waals surface area contributed by atoms with Crippen LogP contribution in [0.3, 0.4) is 0 Å². The Hall–Kier alpha value is -2.91. The zero-order chi connectivity index (χ0) is 22.3. The molecule has 2 aromatic rings. The first-order chi connectivity index (χ1) is 14.8. The molecule has 0 radical (unpaired) electrons. The number of thiazole rings is 1. The van der Waals surface area contributed by atoms with Crippen LogP contribution in [-0.2, 0) is 9.53 Å². The second kappa shape index (κ2) is 8.32. The number of carbonyl (C=O) groups excluding carboxylic acids is 2. The molecular weight excluding hydrogens is 420 g/mol. The van der Waals surface area contributed by atoms with E-state index in [0.717, 1.165) is 17.8 Å². The number of carbonyl (C=O) groups is 2. The number of aromatic hydroxyl groups is 1. The zero-order valence-electron chi connectivity index (χ0n) is 17.5. The molecule has 2 aliphatic heterocycles. The van der Waals surface area contributed by atoms with Crippen LogP contribution < -0.4 is 4.74 Å². The first-order valence-electron chi connectivity index (χ1n) is 10.0. The molecule has 4 rings (SSSR count). The predicted octanol–water partition coefficient (Wildman–Crippen LogP) is 3.23. The molecule has 1 fully saturated rings. The molecular formula is C22H24N2O6S. The number of aromatic nitrogens is 1. The van der Waals surface area contributed by atoms with Gasteiger partial charge in [-0.3, -0.25) is 9.59 Å². The number of aliphatic hydroxyl groups excluding tert-OH is 1. The topological polar surface area (TPSA) is 109 Å². The van der Waals surface area contributed by atoms with E-state index >= 15 is 0 Å². The summed E-state index contributed by atoms with van der Waals surface area (Å²) in [5.41, 5.74) is 1.03. The average Bonchev–Trinajstić information content (AvgIpc) is 3.43. The van der Waals surface area contributed by atoms with Crippen molar-refractivity contribution in [1.29, 1.82) is 0 Å². The second-order valence-electron chi connectivity index (χ2n) is 7.67. The van der Waals surface area contributed by atoms with Crippen molar-refractivity contribution in [3.05, 3.63) is 50.7 Å². The molecule has 2 unspecified atom stereocenters. The highest BCUT2D eigenvalue weighted by atomic mass is 32.1. The van der Waals surface area contributed by atoms with E-state index in [1.807, 2.05) is 0 Å². The van der Waals surface area contributed by atoms with E-state index in [0.29, 0.717) is 22.7 Å². The van der Waals surface area contributed by atoms with E-state index in [9.17, 15) is 19.8 Å². The van der Waals surface area contributed by atoms with Crippen LogP contribution in [0.4, 0.5) is 0 Å². The first-order valence-corrected chi connectivity index (χ1v) is 10.8. The number of hydrogen-bond acceptors (Lipinski definition) is 8. The standard InChI is InChI=1S/C22H24N2O6S/c1-11-21(31-12(2)23-11)19(26)17-18(13-6-7-16(29-3)15(25)9-13)24(22(28)20(17)27)10-14-5-4-8-30-14/h6-7,9,14,18,25,27H,4-5,8,10H2,1-3H3. The highest BCUT2D eigenvalue weighted by Crippen LogP contribution is 2.42. The molecule has 2 aliphatic rings. The largest absolute Gasteiger partial charge is 0.504 e. The number of nitrogens with zero attached hydrogens (tertiary/aromatic N) is 2. The quantitative estimate of drug-likeness (QED) is 0.659. The first kappa shape index (κ1) is 21.3. The lowest BCUT2D eigenvalue weighted by molar-refractivity contribution is -0.131. The van der Waals surface area contributed by atoms with Gasteiger partial charge in [0.15, 0.2) is 17.3 Å². The number of amides is 1. The number of ketones is 1. The summed E-state index contributed by atoms with van der Waals surface area (Å²) < 4.78 is 10.8. The number of methoxy groups -OCH3 is 1. The molecule has 31 heavy (non-hydrogen) atoms. The normalized spacial score (nSPS) is 21.3. The molecule has 1 aromatic carbocycles. The van der Waals surface area contributed by atoms with Gasteiger partial charge in [0.1, 0.15) is 0 Å². The molecule has 0 saturated carbocycles. The third kappa shape index (κ3) is 3.79. The summed E-state index contributed by atoms with van der Waals surface area (Å²) in [5.74, 6) is -1.49. The van der Waals surface area contributed by atoms with Crippen LogP contribution in [0.25, 0.3) is 0 Å². The van der Waals surface area contributed by atoms with Crippen molar-refractivity contribution in [3.63, 3.8) is 0 Å². The van der Waals surface area contributed by atoms with Crippen molar-refractivity contribution in [2.75, 3.05) is 20.3 Å². The number of aryl methyl sites for hydroxylation is 2. The molecule has 164 valence electrons. The third-order valence-electron chi connectivity index (χ3n) is 5.60. The van der Waals surface area contributed by atoms with Gasteiger partial charge in [-0.15, -0.1) is 11.3 Å². The van der Waals surface area contributed by atoms with Gasteiger partial charge >= 0.3 is 0 Å². The summed E-state index contributed by atoms with van der Waals surface area (Å²) in [6.07, 6.45) is 1.51. The van der Waals surface area contributed by atoms with Gasteiger partial charge in [0.2, 0.25) is 5.78 Å². The Bertz CT molecular complexity index is 1070. The third-order valence-corrected chi connectivity index (χ3v) is 6.67. The minimum Gasteiger partial charge on any atom is -0.504 e. The lowest BCUT2D eigenvalue weighted by Gasteiger charge is -2.29. The van der Waals surface area contributed by atoms with Crippen molar-refractivity contribution in [2.24, 2.45) is 0 Å². The van der Waals surface area contributed by atoms with Crippen molar-refractivity contribution in [2.45, 2.75) is 38.8 Å². The Morgan fingerprint density at radius 1 is 1.35 bits per heavy atom. The fourth-order valence-corrected chi connectivity index (χ4v) is 5.04. The lowest BCUT2D eigenvalue weighted by atomic mass is 9.94. The second-order valence-corrected chi connectivity index (χ2v) is 8.87. The molecule has 9 heteroatoms. The maximum absolute atomic E-state index is 13.5. The van der Waals surface area contributed by atoms with Crippen LogP contribution >= 0.6 is 11.3 Å². The van der Waals surface area contributed by atoms with Gasteiger partial charge in [-0.05, 0) is 44.4 Å². The Morgan fingerprint density at radius 3 is 2.71 bits per heavy atom. The Balaban J connectivity index is 1.80. The monoisotopic (exact) mass is 444 g/mol. The molecule has 3 heterocycles. The van der Waals surface area contributed by atoms with E-state index in [1.165, 1.54) is 29.4 Å². The van der Waals surface area contributed by atoms with E-state index < -0.39 is 23.5 Å². The molecule has 8 nitrogen and oxygen atoms in total. The number of ether oxygens (including phenoxy) is 2. The van der Waals surface area contributed by atoms with Crippen LogP contribution in [0, 0.1) is 13.8 Å². The van der Waals surface area contributed by atoms with Crippen LogP contribution in [0.1, 0.15) is 44.8 Å². The molecule has 1 saturated heterocycles. The van der Waals surface area contributed by atoms with Crippen molar-refractivity contribution in [3.8, 4) is 11.5 Å². The number of phenols is 1. The fraction of sp³-hybridized carbons (Fsp3) is 0.409. The minimum absolute atomic E-state index is 0.0145. The Morgan fingerprint density at radius 2 is 2.13 bits per heavy atom. The summed E-state index contributed by atoms with van der Waals surface area (Å²) in [6, 6.07) is 3.84. The van der Waals surface area contributed by atoms with Gasteiger partial charge in [0.25, 0.3) is 5.91 Å². The van der Waals surface area contributed by atoms with E-state index in [2.05, 4.69) is 4.98 Å². The Labute approximate surface area is 183 Å². The van der Waals surface area contributed by atoms with Crippen molar-refractivity contribution < 1.29 is 29.3 Å². The van der Waals surface area contributed by atoms with Crippen molar-refractivity contribution >= 4 is 23.0 Å². The molecule has 0 bridgehead atoms. The Kier molecular flexibility index (Phi) is 5.72. The van der Waals surface area contributed by atoms with Gasteiger partial charge in [-0.1, -0.05) is 6.07 Å². The summed E-state index contributed by atoms with van der Waals surface area (Å²) >= 11 is 1.22. The van der Waals surface area contributed by atoms with Gasteiger partial charge in [-0.2, -0.15) is 0 Å². The number of Topliss-reactive ketones (excluding diaryl/α,β-unsaturated/α-hetero) is 1.